The molecule has 0 unspecified atom stereocenters. The molecule has 2 amide bonds. The maximum absolute atomic E-state index is 11.7. The van der Waals surface area contributed by atoms with Crippen LogP contribution in [0.2, 0.25) is 0 Å². The van der Waals surface area contributed by atoms with Gasteiger partial charge in [-0.25, -0.2) is 9.59 Å². The van der Waals surface area contributed by atoms with E-state index in [0.717, 1.165) is 0 Å². The summed E-state index contributed by atoms with van der Waals surface area (Å²) < 4.78 is 5.57. The lowest BCUT2D eigenvalue weighted by atomic mass is 10.2. The number of aromatic carboxylic acids is 1. The maximum atomic E-state index is 11.7. The van der Waals surface area contributed by atoms with E-state index in [2.05, 4.69) is 26.6 Å². The summed E-state index contributed by atoms with van der Waals surface area (Å²) in [5.74, 6) is -0.389. The van der Waals surface area contributed by atoms with Gasteiger partial charge in [-0.05, 0) is 46.3 Å². The van der Waals surface area contributed by atoms with Gasteiger partial charge in [0, 0.05) is 4.47 Å². The number of hydrogen-bond donors (Lipinski definition) is 3. The minimum absolute atomic E-state index is 0.137. The first kappa shape index (κ1) is 14.1. The molecule has 3 N–H and O–H groups in total. The van der Waals surface area contributed by atoms with Crippen molar-refractivity contribution in [3.8, 4) is 0 Å². The average Bonchev–Trinajstić information content (AvgIpc) is 2.91. The first-order chi connectivity index (χ1) is 9.56. The zero-order valence-corrected chi connectivity index (χ0v) is 11.8. The third kappa shape index (κ3) is 3.61. The Hall–Kier alpha value is -2.28. The van der Waals surface area contributed by atoms with E-state index in [1.807, 2.05) is 0 Å². The molecule has 6 nitrogen and oxygen atoms in total. The summed E-state index contributed by atoms with van der Waals surface area (Å²) in [5.41, 5.74) is 0.616. The van der Waals surface area contributed by atoms with Gasteiger partial charge in [0.05, 0.1) is 24.1 Å². The second-order valence-corrected chi connectivity index (χ2v) is 4.74. The average molecular weight is 339 g/mol. The van der Waals surface area contributed by atoms with Gasteiger partial charge in [-0.1, -0.05) is 0 Å². The third-order valence-corrected chi connectivity index (χ3v) is 3.12. The number of halogens is 1. The van der Waals surface area contributed by atoms with Crippen molar-refractivity contribution in [3.05, 3.63) is 52.4 Å². The highest BCUT2D eigenvalue weighted by Gasteiger charge is 2.09. The summed E-state index contributed by atoms with van der Waals surface area (Å²) in [6.45, 7) is 0.268. The Morgan fingerprint density at radius 3 is 2.70 bits per heavy atom. The molecule has 0 aliphatic carbocycles. The number of amides is 2. The molecule has 0 fully saturated rings. The second kappa shape index (κ2) is 6.25. The number of carbonyl (C=O) groups excluding carboxylic acids is 1. The normalized spacial score (nSPS) is 10.1. The first-order valence-electron chi connectivity index (χ1n) is 5.66. The summed E-state index contributed by atoms with van der Waals surface area (Å²) in [7, 11) is 0. The molecular weight excluding hydrogens is 328 g/mol. The third-order valence-electron chi connectivity index (χ3n) is 2.47. The molecule has 1 aromatic carbocycles. The molecule has 104 valence electrons. The van der Waals surface area contributed by atoms with Gasteiger partial charge in [-0.15, -0.1) is 0 Å². The second-order valence-electron chi connectivity index (χ2n) is 3.89. The Kier molecular flexibility index (Phi) is 4.41. The van der Waals surface area contributed by atoms with Crippen molar-refractivity contribution >= 4 is 33.6 Å². The molecule has 0 atom stereocenters. The lowest BCUT2D eigenvalue weighted by Gasteiger charge is -2.09. The van der Waals surface area contributed by atoms with E-state index in [1.165, 1.54) is 24.5 Å². The minimum Gasteiger partial charge on any atom is -0.478 e. The smallest absolute Gasteiger partial charge is 0.335 e. The van der Waals surface area contributed by atoms with Gasteiger partial charge in [-0.3, -0.25) is 0 Å². The highest BCUT2D eigenvalue weighted by Crippen LogP contribution is 2.23. The zero-order chi connectivity index (χ0) is 14.5. The molecule has 2 rings (SSSR count). The van der Waals surface area contributed by atoms with Gasteiger partial charge in [-0.2, -0.15) is 0 Å². The number of anilines is 1. The SMILES string of the molecule is O=C(NCc1ccco1)Nc1ccc(C(=O)O)cc1Br. The molecular formula is C13H11BrN2O4. The Morgan fingerprint density at radius 2 is 2.10 bits per heavy atom. The van der Waals surface area contributed by atoms with Crippen LogP contribution in [0.15, 0.2) is 45.5 Å². The predicted molar refractivity (Wildman–Crippen MR) is 75.7 cm³/mol. The highest BCUT2D eigenvalue weighted by atomic mass is 79.9. The number of hydrogen-bond acceptors (Lipinski definition) is 3. The van der Waals surface area contributed by atoms with Crippen LogP contribution >= 0.6 is 15.9 Å². The van der Waals surface area contributed by atoms with Gasteiger partial charge >= 0.3 is 12.0 Å². The molecule has 0 aliphatic heterocycles. The Balaban J connectivity index is 1.95. The molecule has 0 spiro atoms. The lowest BCUT2D eigenvalue weighted by Crippen LogP contribution is -2.28. The van der Waals surface area contributed by atoms with Crippen LogP contribution in [0, 0.1) is 0 Å². The summed E-state index contributed by atoms with van der Waals surface area (Å²) in [4.78, 5) is 22.5. The molecule has 0 bridgehead atoms. The molecule has 1 aromatic heterocycles. The summed E-state index contributed by atoms with van der Waals surface area (Å²) in [5, 5.41) is 14.1. The van der Waals surface area contributed by atoms with E-state index in [1.54, 1.807) is 12.1 Å². The van der Waals surface area contributed by atoms with E-state index in [4.69, 9.17) is 9.52 Å². The number of carboxylic acids is 1. The van der Waals surface area contributed by atoms with Crippen LogP contribution in [0.25, 0.3) is 0 Å². The van der Waals surface area contributed by atoms with E-state index in [9.17, 15) is 9.59 Å². The van der Waals surface area contributed by atoms with Crippen molar-refractivity contribution in [1.82, 2.24) is 5.32 Å². The first-order valence-corrected chi connectivity index (χ1v) is 6.45. The van der Waals surface area contributed by atoms with Crippen LogP contribution in [-0.2, 0) is 6.54 Å². The molecule has 20 heavy (non-hydrogen) atoms. The number of benzene rings is 1. The van der Waals surface area contributed by atoms with Gasteiger partial charge in [0.25, 0.3) is 0 Å². The van der Waals surface area contributed by atoms with E-state index < -0.39 is 12.0 Å². The molecule has 2 aromatic rings. The van der Waals surface area contributed by atoms with Gasteiger partial charge in [0.2, 0.25) is 0 Å². The van der Waals surface area contributed by atoms with E-state index in [-0.39, 0.29) is 12.1 Å². The Bertz CT molecular complexity index is 625. The molecule has 1 heterocycles. The fourth-order valence-corrected chi connectivity index (χ4v) is 1.97. The van der Waals surface area contributed by atoms with Crippen molar-refractivity contribution < 1.29 is 19.1 Å². The quantitative estimate of drug-likeness (QED) is 0.798. The molecule has 0 aliphatic rings. The van der Waals surface area contributed by atoms with Gasteiger partial charge in [0.15, 0.2) is 0 Å². The molecule has 0 saturated carbocycles. The van der Waals surface area contributed by atoms with Crippen LogP contribution in [0.5, 0.6) is 0 Å². The lowest BCUT2D eigenvalue weighted by molar-refractivity contribution is 0.0697. The highest BCUT2D eigenvalue weighted by molar-refractivity contribution is 9.10. The summed E-state index contributed by atoms with van der Waals surface area (Å²) in [6, 6.07) is 7.42. The van der Waals surface area contributed by atoms with E-state index in [0.29, 0.717) is 15.9 Å². The molecule has 7 heteroatoms. The number of carbonyl (C=O) groups is 2. The fourth-order valence-electron chi connectivity index (χ4n) is 1.50. The predicted octanol–water partition coefficient (Wildman–Crippen LogP) is 3.06. The van der Waals surface area contributed by atoms with Crippen LogP contribution < -0.4 is 10.6 Å². The van der Waals surface area contributed by atoms with Crippen molar-refractivity contribution in [1.29, 1.82) is 0 Å². The van der Waals surface area contributed by atoms with Crippen molar-refractivity contribution in [3.63, 3.8) is 0 Å². The number of furan rings is 1. The largest absolute Gasteiger partial charge is 0.478 e. The molecule has 0 radical (unpaired) electrons. The molecule has 0 saturated heterocycles. The topological polar surface area (TPSA) is 91.6 Å². The van der Waals surface area contributed by atoms with Crippen LogP contribution in [0.3, 0.4) is 0 Å². The Labute approximate surface area is 122 Å². The zero-order valence-electron chi connectivity index (χ0n) is 10.2. The summed E-state index contributed by atoms with van der Waals surface area (Å²) in [6.07, 6.45) is 1.52. The number of rotatable bonds is 4. The summed E-state index contributed by atoms with van der Waals surface area (Å²) >= 11 is 3.21. The van der Waals surface area contributed by atoms with Crippen molar-refractivity contribution in [2.45, 2.75) is 6.54 Å². The van der Waals surface area contributed by atoms with Gasteiger partial charge in [0.1, 0.15) is 5.76 Å². The van der Waals surface area contributed by atoms with Crippen LogP contribution in [0.1, 0.15) is 16.1 Å². The number of nitrogens with one attached hydrogen (secondary N) is 2. The Morgan fingerprint density at radius 1 is 1.30 bits per heavy atom. The van der Waals surface area contributed by atoms with Gasteiger partial charge < -0.3 is 20.2 Å². The van der Waals surface area contributed by atoms with Crippen LogP contribution in [-0.4, -0.2) is 17.1 Å². The fraction of sp³-hybridized carbons (Fsp3) is 0.0769. The number of carboxylic acid groups (broad SMARTS) is 1. The van der Waals surface area contributed by atoms with Crippen LogP contribution in [0.4, 0.5) is 10.5 Å². The standard InChI is InChI=1S/C13H11BrN2O4/c14-10-6-8(12(17)18)3-4-11(10)16-13(19)15-7-9-2-1-5-20-9/h1-6H,7H2,(H,17,18)(H2,15,16,19). The van der Waals surface area contributed by atoms with Crippen molar-refractivity contribution in [2.75, 3.05) is 5.32 Å². The van der Waals surface area contributed by atoms with Crippen molar-refractivity contribution in [2.24, 2.45) is 0 Å². The monoisotopic (exact) mass is 338 g/mol. The van der Waals surface area contributed by atoms with E-state index >= 15 is 0 Å². The minimum atomic E-state index is -1.03. The number of urea groups is 1. The maximum Gasteiger partial charge on any atom is 0.335 e.